The first kappa shape index (κ1) is 17.9. The van der Waals surface area contributed by atoms with Crippen molar-refractivity contribution < 1.29 is 19.1 Å². The minimum Gasteiger partial charge on any atom is -0.469 e. The van der Waals surface area contributed by atoms with Crippen molar-refractivity contribution in [3.63, 3.8) is 0 Å². The van der Waals surface area contributed by atoms with Crippen LogP contribution in [0.4, 0.5) is 0 Å². The third-order valence-corrected chi connectivity index (χ3v) is 3.04. The Morgan fingerprint density at radius 1 is 1.13 bits per heavy atom. The number of allylic oxidation sites excluding steroid dienone is 1. The van der Waals surface area contributed by atoms with Gasteiger partial charge in [0.1, 0.15) is 17.7 Å². The number of methoxy groups -OCH3 is 1. The largest absolute Gasteiger partial charge is 0.469 e. The molecule has 1 aromatic carbocycles. The van der Waals surface area contributed by atoms with E-state index in [1.54, 1.807) is 43.3 Å². The fourth-order valence-corrected chi connectivity index (χ4v) is 1.89. The van der Waals surface area contributed by atoms with Crippen LogP contribution in [0.3, 0.4) is 0 Å². The second kappa shape index (κ2) is 9.01. The van der Waals surface area contributed by atoms with E-state index < -0.39 is 5.97 Å². The van der Waals surface area contributed by atoms with Gasteiger partial charge in [-0.15, -0.1) is 0 Å². The summed E-state index contributed by atoms with van der Waals surface area (Å²) >= 11 is 0. The molecule has 118 valence electrons. The van der Waals surface area contributed by atoms with E-state index in [-0.39, 0.29) is 30.1 Å². The molecule has 0 aliphatic heterocycles. The van der Waals surface area contributed by atoms with Crippen molar-refractivity contribution >= 4 is 17.5 Å². The molecule has 0 spiro atoms. The molecule has 0 heterocycles. The summed E-state index contributed by atoms with van der Waals surface area (Å²) in [5.74, 6) is -1.02. The van der Waals surface area contributed by atoms with Crippen LogP contribution in [0.1, 0.15) is 24.5 Å². The zero-order chi connectivity index (χ0) is 17.2. The lowest BCUT2D eigenvalue weighted by Crippen LogP contribution is -2.09. The molecular formula is C17H16N2O4. The van der Waals surface area contributed by atoms with E-state index in [0.717, 1.165) is 5.56 Å². The second-order valence-electron chi connectivity index (χ2n) is 4.47. The summed E-state index contributed by atoms with van der Waals surface area (Å²) in [7, 11) is 1.33. The number of nitriles is 2. The molecular weight excluding hydrogens is 296 g/mol. The third-order valence-electron chi connectivity index (χ3n) is 3.04. The van der Waals surface area contributed by atoms with Crippen molar-refractivity contribution in [3.8, 4) is 12.1 Å². The molecule has 0 radical (unpaired) electrons. The SMILES string of the molecule is CCOC(=O)C(=C(C#N)C#N)c1ccc(CCC(=O)OC)cc1. The first-order valence-electron chi connectivity index (χ1n) is 6.95. The molecule has 0 aromatic heterocycles. The van der Waals surface area contributed by atoms with Crippen molar-refractivity contribution in [1.29, 1.82) is 10.5 Å². The lowest BCUT2D eigenvalue weighted by Gasteiger charge is -2.08. The molecule has 0 bridgehead atoms. The summed E-state index contributed by atoms with van der Waals surface area (Å²) in [5.41, 5.74) is 0.934. The normalized spacial score (nSPS) is 9.22. The van der Waals surface area contributed by atoms with Crippen LogP contribution in [-0.2, 0) is 25.5 Å². The van der Waals surface area contributed by atoms with Crippen LogP contribution >= 0.6 is 0 Å². The molecule has 0 N–H and O–H groups in total. The van der Waals surface area contributed by atoms with Gasteiger partial charge >= 0.3 is 11.9 Å². The number of hydrogen-bond donors (Lipinski definition) is 0. The highest BCUT2D eigenvalue weighted by molar-refractivity contribution is 6.19. The van der Waals surface area contributed by atoms with E-state index in [4.69, 9.17) is 15.3 Å². The summed E-state index contributed by atoms with van der Waals surface area (Å²) in [4.78, 5) is 23.1. The van der Waals surface area contributed by atoms with Gasteiger partial charge in [0.15, 0.2) is 0 Å². The first-order chi connectivity index (χ1) is 11.1. The Kier molecular flexibility index (Phi) is 7.03. The molecule has 6 heteroatoms. The average Bonchev–Trinajstić information content (AvgIpc) is 2.58. The third kappa shape index (κ3) is 4.98. The van der Waals surface area contributed by atoms with Crippen LogP contribution in [-0.4, -0.2) is 25.7 Å². The van der Waals surface area contributed by atoms with Crippen LogP contribution in [0.2, 0.25) is 0 Å². The second-order valence-corrected chi connectivity index (χ2v) is 4.47. The van der Waals surface area contributed by atoms with Crippen LogP contribution in [0.5, 0.6) is 0 Å². The predicted molar refractivity (Wildman–Crippen MR) is 81.6 cm³/mol. The van der Waals surface area contributed by atoms with Gasteiger partial charge in [-0.1, -0.05) is 24.3 Å². The van der Waals surface area contributed by atoms with Crippen molar-refractivity contribution in [1.82, 2.24) is 0 Å². The number of nitrogens with zero attached hydrogens (tertiary/aromatic N) is 2. The highest BCUT2D eigenvalue weighted by atomic mass is 16.5. The van der Waals surface area contributed by atoms with Crippen molar-refractivity contribution in [2.45, 2.75) is 19.8 Å². The van der Waals surface area contributed by atoms with Crippen molar-refractivity contribution in [2.75, 3.05) is 13.7 Å². The Balaban J connectivity index is 3.09. The number of aryl methyl sites for hydroxylation is 1. The number of carbonyl (C=O) groups is 2. The Hall–Kier alpha value is -3.12. The van der Waals surface area contributed by atoms with Gasteiger partial charge in [0.25, 0.3) is 0 Å². The summed E-state index contributed by atoms with van der Waals surface area (Å²) in [6.45, 7) is 1.79. The molecule has 0 unspecified atom stereocenters. The minimum absolute atomic E-state index is 0.0589. The smallest absolute Gasteiger partial charge is 0.340 e. The fraction of sp³-hybridized carbons (Fsp3) is 0.294. The first-order valence-corrected chi connectivity index (χ1v) is 6.95. The monoisotopic (exact) mass is 312 g/mol. The Labute approximate surface area is 134 Å². The van der Waals surface area contributed by atoms with Gasteiger partial charge in [0, 0.05) is 6.42 Å². The van der Waals surface area contributed by atoms with Crippen molar-refractivity contribution in [2.24, 2.45) is 0 Å². The van der Waals surface area contributed by atoms with E-state index in [2.05, 4.69) is 4.74 Å². The zero-order valence-corrected chi connectivity index (χ0v) is 13.0. The Bertz CT molecular complexity index is 675. The zero-order valence-electron chi connectivity index (χ0n) is 13.0. The molecule has 23 heavy (non-hydrogen) atoms. The van der Waals surface area contributed by atoms with Crippen LogP contribution in [0.25, 0.3) is 5.57 Å². The maximum Gasteiger partial charge on any atom is 0.340 e. The van der Waals surface area contributed by atoms with E-state index >= 15 is 0 Å². The molecule has 1 aromatic rings. The molecule has 0 saturated heterocycles. The van der Waals surface area contributed by atoms with Gasteiger partial charge in [-0.3, -0.25) is 4.79 Å². The quantitative estimate of drug-likeness (QED) is 0.453. The molecule has 0 saturated carbocycles. The predicted octanol–water partition coefficient (Wildman–Crippen LogP) is 2.16. The summed E-state index contributed by atoms with van der Waals surface area (Å²) in [6.07, 6.45) is 0.743. The number of benzene rings is 1. The number of esters is 2. The van der Waals surface area contributed by atoms with E-state index in [1.807, 2.05) is 0 Å². The van der Waals surface area contributed by atoms with Crippen molar-refractivity contribution in [3.05, 3.63) is 41.0 Å². The van der Waals surface area contributed by atoms with Crippen LogP contribution < -0.4 is 0 Å². The van der Waals surface area contributed by atoms with E-state index in [9.17, 15) is 9.59 Å². The lowest BCUT2D eigenvalue weighted by atomic mass is 9.98. The van der Waals surface area contributed by atoms with Gasteiger partial charge < -0.3 is 9.47 Å². The average molecular weight is 312 g/mol. The lowest BCUT2D eigenvalue weighted by molar-refractivity contribution is -0.140. The number of carbonyl (C=O) groups excluding carboxylic acids is 2. The Morgan fingerprint density at radius 3 is 2.22 bits per heavy atom. The summed E-state index contributed by atoms with van der Waals surface area (Å²) < 4.78 is 9.48. The molecule has 1 rings (SSSR count). The fourth-order valence-electron chi connectivity index (χ4n) is 1.89. The Morgan fingerprint density at radius 2 is 1.74 bits per heavy atom. The number of hydrogen-bond acceptors (Lipinski definition) is 6. The number of rotatable bonds is 6. The maximum absolute atomic E-state index is 12.0. The van der Waals surface area contributed by atoms with E-state index in [0.29, 0.717) is 12.0 Å². The van der Waals surface area contributed by atoms with Gasteiger partial charge in [0.05, 0.1) is 19.3 Å². The van der Waals surface area contributed by atoms with Gasteiger partial charge in [-0.2, -0.15) is 10.5 Å². The molecule has 0 fully saturated rings. The molecule has 0 amide bonds. The molecule has 0 aliphatic carbocycles. The number of ether oxygens (including phenoxy) is 2. The van der Waals surface area contributed by atoms with Gasteiger partial charge in [-0.05, 0) is 24.5 Å². The minimum atomic E-state index is -0.715. The van der Waals surface area contributed by atoms with Crippen LogP contribution in [0.15, 0.2) is 29.8 Å². The topological polar surface area (TPSA) is 100 Å². The van der Waals surface area contributed by atoms with E-state index in [1.165, 1.54) is 7.11 Å². The van der Waals surface area contributed by atoms with Crippen LogP contribution in [0, 0.1) is 22.7 Å². The molecule has 0 aliphatic rings. The highest BCUT2D eigenvalue weighted by Crippen LogP contribution is 2.21. The molecule has 6 nitrogen and oxygen atoms in total. The maximum atomic E-state index is 12.0. The summed E-state index contributed by atoms with van der Waals surface area (Å²) in [5, 5.41) is 18.0. The van der Waals surface area contributed by atoms with Gasteiger partial charge in [-0.25, -0.2) is 4.79 Å². The highest BCUT2D eigenvalue weighted by Gasteiger charge is 2.19. The summed E-state index contributed by atoms with van der Waals surface area (Å²) in [6, 6.07) is 10.1. The standard InChI is InChI=1S/C17H16N2O4/c1-3-23-17(21)16(14(10-18)11-19)13-7-4-12(5-8-13)6-9-15(20)22-2/h4-5,7-8H,3,6,9H2,1-2H3. The molecule has 0 atom stereocenters. The van der Waals surface area contributed by atoms with Gasteiger partial charge in [0.2, 0.25) is 0 Å².